The van der Waals surface area contributed by atoms with Crippen molar-refractivity contribution in [3.05, 3.63) is 111 Å². The summed E-state index contributed by atoms with van der Waals surface area (Å²) in [5.74, 6) is -2.36. The van der Waals surface area contributed by atoms with Crippen LogP contribution in [0.25, 0.3) is 0 Å². The molecule has 1 N–H and O–H groups in total. The topological polar surface area (TPSA) is 57.6 Å². The van der Waals surface area contributed by atoms with E-state index in [1.807, 2.05) is 30.3 Å². The standard InChI is InChI=1S/C25H18Cl2FNO3/c26-17-9-7-16(8-10-17)23-22(21(30)13-6-15-4-2-1-3-5-15)24(31)25(32)29(23)18-11-12-20(28)19(27)14-18/h1-5,7-12,14,23,31H,6,13H2. The average molecular weight is 470 g/mol. The third kappa shape index (κ3) is 4.27. The number of carbonyl (C=O) groups excluding carboxylic acids is 2. The summed E-state index contributed by atoms with van der Waals surface area (Å²) in [5, 5.41) is 11.0. The van der Waals surface area contributed by atoms with Crippen LogP contribution in [0.4, 0.5) is 10.1 Å². The van der Waals surface area contributed by atoms with E-state index >= 15 is 0 Å². The number of hydrogen-bond acceptors (Lipinski definition) is 3. The van der Waals surface area contributed by atoms with Gasteiger partial charge in [-0.2, -0.15) is 0 Å². The minimum Gasteiger partial charge on any atom is -0.503 e. The molecule has 1 aliphatic heterocycles. The van der Waals surface area contributed by atoms with Crippen molar-refractivity contribution in [3.63, 3.8) is 0 Å². The highest BCUT2D eigenvalue weighted by atomic mass is 35.5. The average Bonchev–Trinajstić information content (AvgIpc) is 3.06. The summed E-state index contributed by atoms with van der Waals surface area (Å²) in [7, 11) is 0. The summed E-state index contributed by atoms with van der Waals surface area (Å²) in [5.41, 5.74) is 1.80. The molecule has 1 amide bonds. The third-order valence-electron chi connectivity index (χ3n) is 5.36. The maximum atomic E-state index is 13.7. The highest BCUT2D eigenvalue weighted by Crippen LogP contribution is 2.42. The molecule has 0 saturated heterocycles. The molecule has 4 rings (SSSR count). The van der Waals surface area contributed by atoms with Gasteiger partial charge in [-0.15, -0.1) is 0 Å². The monoisotopic (exact) mass is 469 g/mol. The highest BCUT2D eigenvalue weighted by molar-refractivity contribution is 6.31. The molecular formula is C25H18Cl2FNO3. The van der Waals surface area contributed by atoms with E-state index in [1.165, 1.54) is 17.0 Å². The lowest BCUT2D eigenvalue weighted by Gasteiger charge is -2.27. The number of ketones is 1. The molecule has 0 spiro atoms. The Balaban J connectivity index is 1.74. The molecule has 0 bridgehead atoms. The number of rotatable bonds is 6. The molecule has 0 aromatic heterocycles. The Hall–Kier alpha value is -3.15. The van der Waals surface area contributed by atoms with Crippen LogP contribution in [0.1, 0.15) is 23.6 Å². The van der Waals surface area contributed by atoms with Gasteiger partial charge in [0.05, 0.1) is 16.6 Å². The van der Waals surface area contributed by atoms with Gasteiger partial charge in [0.15, 0.2) is 11.5 Å². The Morgan fingerprint density at radius 1 is 1.00 bits per heavy atom. The number of benzene rings is 3. The van der Waals surface area contributed by atoms with Crippen molar-refractivity contribution in [1.29, 1.82) is 0 Å². The van der Waals surface area contributed by atoms with Crippen LogP contribution in [-0.4, -0.2) is 16.8 Å². The zero-order valence-electron chi connectivity index (χ0n) is 16.8. The van der Waals surface area contributed by atoms with Gasteiger partial charge in [0.2, 0.25) is 0 Å². The number of aliphatic hydroxyl groups is 1. The summed E-state index contributed by atoms with van der Waals surface area (Å²) in [6.07, 6.45) is 0.569. The number of halogens is 3. The number of nitrogens with zero attached hydrogens (tertiary/aromatic N) is 1. The Bertz CT molecular complexity index is 1210. The lowest BCUT2D eigenvalue weighted by molar-refractivity contribution is -0.118. The first kappa shape index (κ1) is 22.1. The number of hydrogen-bond donors (Lipinski definition) is 1. The predicted octanol–water partition coefficient (Wildman–Crippen LogP) is 6.23. The molecule has 1 atom stereocenters. The number of carbonyl (C=O) groups is 2. The first-order valence-corrected chi connectivity index (χ1v) is 10.7. The molecule has 4 nitrogen and oxygen atoms in total. The highest BCUT2D eigenvalue weighted by Gasteiger charge is 2.44. The predicted molar refractivity (Wildman–Crippen MR) is 123 cm³/mol. The normalized spacial score (nSPS) is 16.0. The van der Waals surface area contributed by atoms with Crippen LogP contribution in [0.5, 0.6) is 0 Å². The molecule has 3 aromatic rings. The van der Waals surface area contributed by atoms with Gasteiger partial charge in [0, 0.05) is 17.1 Å². The fourth-order valence-electron chi connectivity index (χ4n) is 3.79. The number of anilines is 1. The zero-order chi connectivity index (χ0) is 22.8. The Labute approximate surface area is 194 Å². The lowest BCUT2D eigenvalue weighted by atomic mass is 9.93. The Morgan fingerprint density at radius 2 is 1.69 bits per heavy atom. The van der Waals surface area contributed by atoms with Gasteiger partial charge in [-0.3, -0.25) is 14.5 Å². The van der Waals surface area contributed by atoms with E-state index in [0.717, 1.165) is 11.6 Å². The van der Waals surface area contributed by atoms with Crippen molar-refractivity contribution in [1.82, 2.24) is 0 Å². The summed E-state index contributed by atoms with van der Waals surface area (Å²) < 4.78 is 13.7. The van der Waals surface area contributed by atoms with Crippen LogP contribution >= 0.6 is 23.2 Å². The Kier molecular flexibility index (Phi) is 6.31. The van der Waals surface area contributed by atoms with Crippen molar-refractivity contribution >= 4 is 40.6 Å². The molecule has 7 heteroatoms. The number of aliphatic hydroxyl groups excluding tert-OH is 1. The van der Waals surface area contributed by atoms with E-state index in [9.17, 15) is 19.1 Å². The quantitative estimate of drug-likeness (QED) is 0.465. The van der Waals surface area contributed by atoms with Crippen LogP contribution < -0.4 is 4.90 Å². The van der Waals surface area contributed by atoms with E-state index in [4.69, 9.17) is 23.2 Å². The van der Waals surface area contributed by atoms with Crippen molar-refractivity contribution < 1.29 is 19.1 Å². The maximum Gasteiger partial charge on any atom is 0.294 e. The second kappa shape index (κ2) is 9.15. The van der Waals surface area contributed by atoms with Gasteiger partial charge in [0.1, 0.15) is 5.82 Å². The summed E-state index contributed by atoms with van der Waals surface area (Å²) >= 11 is 11.9. The molecule has 0 saturated carbocycles. The number of aryl methyl sites for hydroxylation is 1. The molecule has 3 aromatic carbocycles. The van der Waals surface area contributed by atoms with E-state index in [1.54, 1.807) is 24.3 Å². The molecular weight excluding hydrogens is 452 g/mol. The van der Waals surface area contributed by atoms with Gasteiger partial charge in [0.25, 0.3) is 5.91 Å². The second-order valence-corrected chi connectivity index (χ2v) is 8.24. The second-order valence-electron chi connectivity index (χ2n) is 7.40. The molecule has 0 fully saturated rings. The van der Waals surface area contributed by atoms with E-state index < -0.39 is 23.5 Å². The van der Waals surface area contributed by atoms with E-state index in [-0.39, 0.29) is 28.5 Å². The van der Waals surface area contributed by atoms with Gasteiger partial charge in [-0.05, 0) is 47.9 Å². The van der Waals surface area contributed by atoms with Gasteiger partial charge < -0.3 is 5.11 Å². The molecule has 1 heterocycles. The molecule has 1 aliphatic rings. The summed E-state index contributed by atoms with van der Waals surface area (Å²) in [4.78, 5) is 27.5. The number of amides is 1. The Morgan fingerprint density at radius 3 is 2.34 bits per heavy atom. The smallest absolute Gasteiger partial charge is 0.294 e. The molecule has 0 radical (unpaired) electrons. The molecule has 0 aliphatic carbocycles. The fraction of sp³-hybridized carbons (Fsp3) is 0.120. The van der Waals surface area contributed by atoms with E-state index in [0.29, 0.717) is 17.0 Å². The summed E-state index contributed by atoms with van der Waals surface area (Å²) in [6, 6.07) is 19.0. The summed E-state index contributed by atoms with van der Waals surface area (Å²) in [6.45, 7) is 0. The van der Waals surface area contributed by atoms with Crippen molar-refractivity contribution in [2.75, 3.05) is 4.90 Å². The molecule has 162 valence electrons. The van der Waals surface area contributed by atoms with Crippen LogP contribution in [0.3, 0.4) is 0 Å². The maximum absolute atomic E-state index is 13.7. The van der Waals surface area contributed by atoms with Crippen LogP contribution in [-0.2, 0) is 16.0 Å². The van der Waals surface area contributed by atoms with Gasteiger partial charge in [-0.1, -0.05) is 65.7 Å². The van der Waals surface area contributed by atoms with Crippen LogP contribution in [0, 0.1) is 5.82 Å². The SMILES string of the molecule is O=C(CCc1ccccc1)C1=C(O)C(=O)N(c2ccc(F)c(Cl)c2)C1c1ccc(Cl)cc1. The van der Waals surface area contributed by atoms with Crippen molar-refractivity contribution in [2.45, 2.75) is 18.9 Å². The van der Waals surface area contributed by atoms with Crippen LogP contribution in [0.15, 0.2) is 84.1 Å². The lowest BCUT2D eigenvalue weighted by Crippen LogP contribution is -2.31. The van der Waals surface area contributed by atoms with Gasteiger partial charge in [-0.25, -0.2) is 4.39 Å². The minimum atomic E-state index is -0.899. The molecule has 1 unspecified atom stereocenters. The zero-order valence-corrected chi connectivity index (χ0v) is 18.3. The van der Waals surface area contributed by atoms with Crippen molar-refractivity contribution in [3.8, 4) is 0 Å². The van der Waals surface area contributed by atoms with Gasteiger partial charge >= 0.3 is 0 Å². The molecule has 32 heavy (non-hydrogen) atoms. The van der Waals surface area contributed by atoms with E-state index in [2.05, 4.69) is 0 Å². The largest absolute Gasteiger partial charge is 0.503 e. The first-order valence-electron chi connectivity index (χ1n) is 9.91. The van der Waals surface area contributed by atoms with Crippen molar-refractivity contribution in [2.24, 2.45) is 0 Å². The first-order chi connectivity index (χ1) is 15.4. The van der Waals surface area contributed by atoms with Crippen LogP contribution in [0.2, 0.25) is 10.0 Å². The third-order valence-corrected chi connectivity index (χ3v) is 5.90. The fourth-order valence-corrected chi connectivity index (χ4v) is 4.09. The number of Topliss-reactive ketones (excluding diaryl/α,β-unsaturated/α-hetero) is 1. The minimum absolute atomic E-state index is 0.00583.